The van der Waals surface area contributed by atoms with Crippen LogP contribution in [0.5, 0.6) is 0 Å². The average molecular weight is 428 g/mol. The van der Waals surface area contributed by atoms with Gasteiger partial charge in [0.2, 0.25) is 10.0 Å². The maximum Gasteiger partial charge on any atom is 0.242 e. The van der Waals surface area contributed by atoms with E-state index in [-0.39, 0.29) is 16.5 Å². The molecule has 9 heteroatoms. The van der Waals surface area contributed by atoms with Gasteiger partial charge in [-0.25, -0.2) is 18.1 Å². The number of benzene rings is 1. The number of halogens is 2. The van der Waals surface area contributed by atoms with Crippen LogP contribution in [0.4, 0.5) is 0 Å². The molecule has 1 aromatic carbocycles. The van der Waals surface area contributed by atoms with Gasteiger partial charge in [0.25, 0.3) is 0 Å². The maximum atomic E-state index is 12.4. The predicted octanol–water partition coefficient (Wildman–Crippen LogP) is 4.34. The summed E-state index contributed by atoms with van der Waals surface area (Å²) < 4.78 is 27.4. The van der Waals surface area contributed by atoms with E-state index in [9.17, 15) is 8.42 Å². The van der Waals surface area contributed by atoms with Crippen LogP contribution in [0.2, 0.25) is 10.0 Å². The standard InChI is InChI=1S/C17H15Cl2N3O2S2/c1-11-15(25-17(22-11)12-3-2-7-20-10-12)6-8-21-26(23,24)16-9-13(18)4-5-14(16)19/h2-5,7,9-10,21H,6,8H2,1H3. The van der Waals surface area contributed by atoms with E-state index in [0.29, 0.717) is 11.4 Å². The second-order valence-corrected chi connectivity index (χ2v) is 9.15. The van der Waals surface area contributed by atoms with Crippen LogP contribution in [0, 0.1) is 6.92 Å². The Hall–Kier alpha value is -1.51. The van der Waals surface area contributed by atoms with Crippen LogP contribution in [0.25, 0.3) is 10.6 Å². The average Bonchev–Trinajstić information content (AvgIpc) is 2.98. The van der Waals surface area contributed by atoms with Crippen molar-refractivity contribution in [1.82, 2.24) is 14.7 Å². The maximum absolute atomic E-state index is 12.4. The molecule has 26 heavy (non-hydrogen) atoms. The van der Waals surface area contributed by atoms with Gasteiger partial charge in [-0.05, 0) is 43.7 Å². The molecular weight excluding hydrogens is 413 g/mol. The number of rotatable bonds is 6. The van der Waals surface area contributed by atoms with E-state index in [4.69, 9.17) is 23.2 Å². The van der Waals surface area contributed by atoms with Crippen LogP contribution >= 0.6 is 34.5 Å². The number of thiazole rings is 1. The zero-order valence-electron chi connectivity index (χ0n) is 13.7. The Morgan fingerprint density at radius 2 is 2.04 bits per heavy atom. The minimum absolute atomic E-state index is 0.0243. The summed E-state index contributed by atoms with van der Waals surface area (Å²) in [6.07, 6.45) is 3.99. The lowest BCUT2D eigenvalue weighted by Crippen LogP contribution is -2.26. The molecule has 0 bridgehead atoms. The van der Waals surface area contributed by atoms with Gasteiger partial charge in [-0.1, -0.05) is 23.2 Å². The van der Waals surface area contributed by atoms with Gasteiger partial charge in [0.1, 0.15) is 9.90 Å². The molecule has 0 aliphatic carbocycles. The first-order valence-corrected chi connectivity index (χ1v) is 10.7. The van der Waals surface area contributed by atoms with Gasteiger partial charge in [-0.2, -0.15) is 0 Å². The highest BCUT2D eigenvalue weighted by Crippen LogP contribution is 2.28. The molecule has 0 amide bonds. The van der Waals surface area contributed by atoms with Gasteiger partial charge in [-0.15, -0.1) is 11.3 Å². The van der Waals surface area contributed by atoms with Gasteiger partial charge >= 0.3 is 0 Å². The summed E-state index contributed by atoms with van der Waals surface area (Å²) in [5.41, 5.74) is 1.83. The van der Waals surface area contributed by atoms with Gasteiger partial charge < -0.3 is 0 Å². The third kappa shape index (κ3) is 4.42. The molecule has 0 atom stereocenters. The lowest BCUT2D eigenvalue weighted by atomic mass is 10.3. The van der Waals surface area contributed by atoms with Gasteiger partial charge in [0.05, 0.1) is 10.7 Å². The van der Waals surface area contributed by atoms with E-state index >= 15 is 0 Å². The third-order valence-electron chi connectivity index (χ3n) is 3.63. The number of pyridine rings is 1. The molecule has 0 saturated heterocycles. The Morgan fingerprint density at radius 3 is 2.77 bits per heavy atom. The Bertz CT molecular complexity index is 1020. The second kappa shape index (κ2) is 8.02. The molecule has 5 nitrogen and oxygen atoms in total. The molecule has 1 N–H and O–H groups in total. The molecule has 3 aromatic rings. The molecule has 0 spiro atoms. The largest absolute Gasteiger partial charge is 0.264 e. The molecule has 0 unspecified atom stereocenters. The van der Waals surface area contributed by atoms with E-state index < -0.39 is 10.0 Å². The number of aromatic nitrogens is 2. The number of hydrogen-bond acceptors (Lipinski definition) is 5. The highest BCUT2D eigenvalue weighted by Gasteiger charge is 2.18. The Balaban J connectivity index is 1.70. The quantitative estimate of drug-likeness (QED) is 0.634. The van der Waals surface area contributed by atoms with Crippen molar-refractivity contribution in [1.29, 1.82) is 0 Å². The first kappa shape index (κ1) is 19.3. The molecule has 136 valence electrons. The molecule has 0 fully saturated rings. The zero-order valence-corrected chi connectivity index (χ0v) is 16.9. The first-order chi connectivity index (χ1) is 12.4. The number of nitrogens with one attached hydrogen (secondary N) is 1. The molecule has 2 aromatic heterocycles. The van der Waals surface area contributed by atoms with Crippen LogP contribution in [0.15, 0.2) is 47.6 Å². The molecular formula is C17H15Cl2N3O2S2. The van der Waals surface area contributed by atoms with Crippen molar-refractivity contribution in [3.8, 4) is 10.6 Å². The van der Waals surface area contributed by atoms with E-state index in [1.54, 1.807) is 18.5 Å². The SMILES string of the molecule is Cc1nc(-c2cccnc2)sc1CCNS(=O)(=O)c1cc(Cl)ccc1Cl. The first-order valence-electron chi connectivity index (χ1n) is 7.68. The fraction of sp³-hybridized carbons (Fsp3) is 0.176. The molecule has 3 rings (SSSR count). The second-order valence-electron chi connectivity index (χ2n) is 5.49. The summed E-state index contributed by atoms with van der Waals surface area (Å²) in [6, 6.07) is 8.15. The van der Waals surface area contributed by atoms with Gasteiger partial charge in [0.15, 0.2) is 0 Å². The Morgan fingerprint density at radius 1 is 1.23 bits per heavy atom. The molecule has 0 saturated carbocycles. The lowest BCUT2D eigenvalue weighted by molar-refractivity contribution is 0.582. The predicted molar refractivity (Wildman–Crippen MR) is 105 cm³/mol. The summed E-state index contributed by atoms with van der Waals surface area (Å²) in [5, 5.41) is 1.32. The summed E-state index contributed by atoms with van der Waals surface area (Å²) in [5.74, 6) is 0. The van der Waals surface area contributed by atoms with Crippen molar-refractivity contribution in [3.63, 3.8) is 0 Å². The zero-order chi connectivity index (χ0) is 18.7. The summed E-state index contributed by atoms with van der Waals surface area (Å²) in [6.45, 7) is 2.15. The monoisotopic (exact) mass is 427 g/mol. The van der Waals surface area contributed by atoms with Gasteiger partial charge in [0, 0.05) is 34.4 Å². The molecule has 2 heterocycles. The van der Waals surface area contributed by atoms with Crippen molar-refractivity contribution in [2.45, 2.75) is 18.2 Å². The van der Waals surface area contributed by atoms with Crippen LogP contribution in [-0.4, -0.2) is 24.9 Å². The third-order valence-corrected chi connectivity index (χ3v) is 7.07. The molecule has 0 aliphatic rings. The van der Waals surface area contributed by atoms with E-state index in [1.165, 1.54) is 23.5 Å². The van der Waals surface area contributed by atoms with Crippen LogP contribution in [-0.2, 0) is 16.4 Å². The van der Waals surface area contributed by atoms with Crippen molar-refractivity contribution < 1.29 is 8.42 Å². The van der Waals surface area contributed by atoms with Crippen molar-refractivity contribution in [2.24, 2.45) is 0 Å². The van der Waals surface area contributed by atoms with Crippen molar-refractivity contribution >= 4 is 44.6 Å². The molecule has 0 aliphatic heterocycles. The van der Waals surface area contributed by atoms with Gasteiger partial charge in [-0.3, -0.25) is 4.98 Å². The van der Waals surface area contributed by atoms with Crippen molar-refractivity contribution in [2.75, 3.05) is 6.54 Å². The van der Waals surface area contributed by atoms with Crippen LogP contribution < -0.4 is 4.72 Å². The normalized spacial score (nSPS) is 11.7. The minimum Gasteiger partial charge on any atom is -0.264 e. The summed E-state index contributed by atoms with van der Waals surface area (Å²) in [7, 11) is -3.73. The number of hydrogen-bond donors (Lipinski definition) is 1. The summed E-state index contributed by atoms with van der Waals surface area (Å²) >= 11 is 13.4. The highest BCUT2D eigenvalue weighted by molar-refractivity contribution is 7.89. The number of aryl methyl sites for hydroxylation is 1. The molecule has 0 radical (unpaired) electrons. The topological polar surface area (TPSA) is 72.0 Å². The summed E-state index contributed by atoms with van der Waals surface area (Å²) in [4.78, 5) is 9.63. The lowest BCUT2D eigenvalue weighted by Gasteiger charge is -2.08. The highest BCUT2D eigenvalue weighted by atomic mass is 35.5. The minimum atomic E-state index is -3.73. The fourth-order valence-corrected chi connectivity index (χ4v) is 5.18. The number of nitrogens with zero attached hydrogens (tertiary/aromatic N) is 2. The van der Waals surface area contributed by atoms with E-state index in [2.05, 4.69) is 14.7 Å². The fourth-order valence-electron chi connectivity index (χ4n) is 2.33. The number of sulfonamides is 1. The Kier molecular flexibility index (Phi) is 5.94. The van der Waals surface area contributed by atoms with Crippen LogP contribution in [0.3, 0.4) is 0 Å². The smallest absolute Gasteiger partial charge is 0.242 e. The van der Waals surface area contributed by atoms with E-state index in [1.807, 2.05) is 19.1 Å². The Labute approximate surface area is 166 Å². The van der Waals surface area contributed by atoms with E-state index in [0.717, 1.165) is 21.1 Å². The van der Waals surface area contributed by atoms with Crippen molar-refractivity contribution in [3.05, 3.63) is 63.3 Å². The van der Waals surface area contributed by atoms with Crippen LogP contribution in [0.1, 0.15) is 10.6 Å².